The predicted octanol–water partition coefficient (Wildman–Crippen LogP) is 6.91. The molecular formula is C47H53N11O7. The molecule has 65 heavy (non-hydrogen) atoms. The van der Waals surface area contributed by atoms with Crippen molar-refractivity contribution in [2.45, 2.75) is 83.8 Å². The Hall–Kier alpha value is -7.24. The first-order valence-corrected chi connectivity index (χ1v) is 22.1. The van der Waals surface area contributed by atoms with Crippen LogP contribution in [-0.2, 0) is 19.1 Å². The second-order valence-electron chi connectivity index (χ2n) is 17.5. The molecule has 2 fully saturated rings. The van der Waals surface area contributed by atoms with Gasteiger partial charge in [0.25, 0.3) is 0 Å². The Morgan fingerprint density at radius 3 is 1.80 bits per heavy atom. The number of nitrogens with zero attached hydrogens (tertiary/aromatic N) is 7. The van der Waals surface area contributed by atoms with Gasteiger partial charge in [-0.05, 0) is 67.9 Å². The molecule has 0 bridgehead atoms. The van der Waals surface area contributed by atoms with Gasteiger partial charge < -0.3 is 49.2 Å². The van der Waals surface area contributed by atoms with Gasteiger partial charge in [-0.25, -0.2) is 29.5 Å². The summed E-state index contributed by atoms with van der Waals surface area (Å²) >= 11 is 0. The zero-order valence-electron chi connectivity index (χ0n) is 37.2. The second kappa shape index (κ2) is 17.7. The van der Waals surface area contributed by atoms with E-state index in [1.54, 1.807) is 34.6 Å². The van der Waals surface area contributed by atoms with Crippen LogP contribution in [0.2, 0.25) is 0 Å². The van der Waals surface area contributed by atoms with Crippen molar-refractivity contribution in [3.63, 3.8) is 0 Å². The maximum atomic E-state index is 13.8. The number of H-pyrrole nitrogens is 2. The smallest absolute Gasteiger partial charge is 0.407 e. The summed E-state index contributed by atoms with van der Waals surface area (Å²) < 4.78 is 18.6. The molecule has 4 aromatic heterocycles. The number of imidazole rings is 2. The largest absolute Gasteiger partial charge is 0.465 e. The van der Waals surface area contributed by atoms with E-state index in [9.17, 15) is 19.2 Å². The number of hydrogen-bond acceptors (Lipinski definition) is 11. The molecule has 5 atom stereocenters. The monoisotopic (exact) mass is 883 g/mol. The number of fused-ring (bicyclic) bond motifs is 5. The predicted molar refractivity (Wildman–Crippen MR) is 239 cm³/mol. The van der Waals surface area contributed by atoms with E-state index in [-0.39, 0.29) is 35.7 Å². The van der Waals surface area contributed by atoms with Crippen LogP contribution in [0.1, 0.15) is 88.9 Å². The SMILES string of the molecule is COC(=O)N[C@H](C(=O)N1CCC[C@H]1c1ncc(-c2ccc3c(c2)OC(c2cncnc2)n2c-3cc3cc(-c4cnc([C@@H]5CCCN5C(=O)[C@@H](NC(=O)OC)C(C)C)[nH]4)ccc32)[nH]1)C(C)C. The van der Waals surface area contributed by atoms with Crippen LogP contribution in [-0.4, -0.2) is 108 Å². The third-order valence-corrected chi connectivity index (χ3v) is 12.7. The van der Waals surface area contributed by atoms with Crippen LogP contribution in [0.3, 0.4) is 0 Å². The summed E-state index contributed by atoms with van der Waals surface area (Å²) in [5.74, 6) is 1.43. The fourth-order valence-electron chi connectivity index (χ4n) is 9.38. The molecule has 1 unspecified atom stereocenters. The Morgan fingerprint density at radius 2 is 1.26 bits per heavy atom. The zero-order chi connectivity index (χ0) is 45.5. The lowest BCUT2D eigenvalue weighted by Gasteiger charge is -2.30. The first-order valence-electron chi connectivity index (χ1n) is 22.1. The van der Waals surface area contributed by atoms with Crippen LogP contribution in [0, 0.1) is 11.8 Å². The molecule has 0 radical (unpaired) electrons. The normalized spacial score (nSPS) is 18.9. The number of likely N-dealkylation sites (tertiary alicyclic amines) is 2. The molecule has 0 aliphatic carbocycles. The van der Waals surface area contributed by atoms with Crippen molar-refractivity contribution in [2.75, 3.05) is 27.3 Å². The van der Waals surface area contributed by atoms with Crippen molar-refractivity contribution in [3.05, 3.63) is 90.8 Å². The van der Waals surface area contributed by atoms with Crippen molar-refractivity contribution in [3.8, 4) is 39.5 Å². The summed E-state index contributed by atoms with van der Waals surface area (Å²) in [5, 5.41) is 6.40. The molecular weight excluding hydrogens is 831 g/mol. The lowest BCUT2D eigenvalue weighted by Crippen LogP contribution is -2.51. The maximum Gasteiger partial charge on any atom is 0.407 e. The first-order chi connectivity index (χ1) is 31.4. The van der Waals surface area contributed by atoms with E-state index in [1.165, 1.54) is 20.5 Å². The van der Waals surface area contributed by atoms with Gasteiger partial charge in [0.15, 0.2) is 0 Å². The number of nitrogens with one attached hydrogen (secondary N) is 4. The number of alkyl carbamates (subject to hydrolysis) is 2. The van der Waals surface area contributed by atoms with E-state index in [4.69, 9.17) is 24.2 Å². The van der Waals surface area contributed by atoms with Crippen molar-refractivity contribution in [2.24, 2.45) is 11.8 Å². The summed E-state index contributed by atoms with van der Waals surface area (Å²) in [4.78, 5) is 80.5. The number of carbonyl (C=O) groups excluding carboxylic acids is 4. The van der Waals surface area contributed by atoms with Crippen LogP contribution < -0.4 is 15.4 Å². The quantitative estimate of drug-likeness (QED) is 0.105. The molecule has 4 amide bonds. The summed E-state index contributed by atoms with van der Waals surface area (Å²) in [5.41, 5.74) is 6.96. The first kappa shape index (κ1) is 43.0. The zero-order valence-corrected chi connectivity index (χ0v) is 37.2. The number of benzene rings is 2. The van der Waals surface area contributed by atoms with Crippen LogP contribution in [0.25, 0.3) is 44.7 Å². The third kappa shape index (κ3) is 8.12. The van der Waals surface area contributed by atoms with Gasteiger partial charge >= 0.3 is 12.2 Å². The minimum atomic E-state index is -0.728. The van der Waals surface area contributed by atoms with Gasteiger partial charge in [0.2, 0.25) is 18.0 Å². The highest BCUT2D eigenvalue weighted by Crippen LogP contribution is 2.46. The summed E-state index contributed by atoms with van der Waals surface area (Å²) in [7, 11) is 2.57. The molecule has 3 aliphatic rings. The number of methoxy groups -OCH3 is 2. The van der Waals surface area contributed by atoms with Gasteiger partial charge in [0, 0.05) is 47.6 Å². The molecule has 9 rings (SSSR count). The van der Waals surface area contributed by atoms with Crippen molar-refractivity contribution < 1.29 is 33.4 Å². The standard InChI is InChI=1S/C47H53N11O7/c1-25(2)39(54-46(61)63-5)43(59)56-15-7-9-35(56)41-50-22-32(52-41)27-12-14-34-29(17-27)18-37-31-13-11-28(19-38(31)65-45(58(34)37)30-20-48-24-49-21-30)33-23-51-42(53-33)36-10-8-16-57(36)44(60)40(26(3)4)55-47(62)64-6/h11-14,17-26,35-36,39-40,45H,7-10,15-16H2,1-6H3,(H,50,52)(H,51,53)(H,54,61)(H,55,62)/t35-,36-,39-,40-,45?/m0/s1. The highest BCUT2D eigenvalue weighted by atomic mass is 16.5. The molecule has 18 nitrogen and oxygen atoms in total. The number of aromatic amines is 2. The highest BCUT2D eigenvalue weighted by Gasteiger charge is 2.39. The van der Waals surface area contributed by atoms with Crippen LogP contribution in [0.5, 0.6) is 5.75 Å². The van der Waals surface area contributed by atoms with Gasteiger partial charge in [-0.1, -0.05) is 39.8 Å². The third-order valence-electron chi connectivity index (χ3n) is 12.7. The average Bonchev–Trinajstić information content (AvgIpc) is 4.18. The fraction of sp³-hybridized carbons (Fsp3) is 0.404. The molecule has 338 valence electrons. The Labute approximate surface area is 375 Å². The minimum Gasteiger partial charge on any atom is -0.465 e. The number of carbonyl (C=O) groups is 4. The molecule has 0 saturated carbocycles. The van der Waals surface area contributed by atoms with Crippen LogP contribution in [0.15, 0.2) is 73.6 Å². The Kier molecular flexibility index (Phi) is 11.7. The molecule has 2 saturated heterocycles. The van der Waals surface area contributed by atoms with E-state index in [0.717, 1.165) is 75.9 Å². The number of aromatic nitrogens is 7. The van der Waals surface area contributed by atoms with Crippen LogP contribution in [0.4, 0.5) is 9.59 Å². The molecule has 3 aliphatic heterocycles. The lowest BCUT2D eigenvalue weighted by atomic mass is 10.0. The van der Waals surface area contributed by atoms with E-state index < -0.39 is 30.5 Å². The number of hydrogen-bond donors (Lipinski definition) is 4. The maximum absolute atomic E-state index is 13.8. The van der Waals surface area contributed by atoms with Crippen molar-refractivity contribution in [1.29, 1.82) is 0 Å². The molecule has 2 aromatic carbocycles. The minimum absolute atomic E-state index is 0.135. The van der Waals surface area contributed by atoms with E-state index in [1.807, 2.05) is 52.0 Å². The van der Waals surface area contributed by atoms with E-state index in [0.29, 0.717) is 30.5 Å². The Morgan fingerprint density at radius 1 is 0.723 bits per heavy atom. The average molecular weight is 884 g/mol. The summed E-state index contributed by atoms with van der Waals surface area (Å²) in [6.45, 7) is 8.70. The van der Waals surface area contributed by atoms with Gasteiger partial charge in [-0.15, -0.1) is 0 Å². The van der Waals surface area contributed by atoms with Gasteiger partial charge in [-0.3, -0.25) is 9.59 Å². The van der Waals surface area contributed by atoms with Crippen LogP contribution >= 0.6 is 0 Å². The van der Waals surface area contributed by atoms with E-state index in [2.05, 4.69) is 53.3 Å². The molecule has 6 aromatic rings. The molecule has 7 heterocycles. The fourth-order valence-corrected chi connectivity index (χ4v) is 9.38. The Balaban J connectivity index is 1.00. The van der Waals surface area contributed by atoms with Gasteiger partial charge in [0.1, 0.15) is 35.8 Å². The lowest BCUT2D eigenvalue weighted by molar-refractivity contribution is -0.136. The van der Waals surface area contributed by atoms with Crippen molar-refractivity contribution in [1.82, 2.24) is 54.9 Å². The van der Waals surface area contributed by atoms with Gasteiger partial charge in [-0.2, -0.15) is 0 Å². The topological polar surface area (TPSA) is 215 Å². The molecule has 18 heteroatoms. The van der Waals surface area contributed by atoms with Crippen molar-refractivity contribution >= 4 is 34.9 Å². The number of amides is 4. The summed E-state index contributed by atoms with van der Waals surface area (Å²) in [6, 6.07) is 12.5. The molecule has 0 spiro atoms. The molecule has 4 N–H and O–H groups in total. The second-order valence-corrected chi connectivity index (χ2v) is 17.5. The van der Waals surface area contributed by atoms with E-state index >= 15 is 0 Å². The number of ether oxygens (including phenoxy) is 3. The number of rotatable bonds is 11. The highest BCUT2D eigenvalue weighted by molar-refractivity contribution is 5.93. The van der Waals surface area contributed by atoms with Gasteiger partial charge in [0.05, 0.1) is 66.9 Å². The Bertz CT molecular complexity index is 2740. The summed E-state index contributed by atoms with van der Waals surface area (Å²) in [6.07, 6.45) is 9.85.